The first-order valence-electron chi connectivity index (χ1n) is 6.30. The maximum Gasteiger partial charge on any atom is 0.221 e. The largest absolute Gasteiger partial charge is 0.389 e. The van der Waals surface area contributed by atoms with Gasteiger partial charge in [-0.2, -0.15) is 0 Å². The third-order valence-corrected chi connectivity index (χ3v) is 3.00. The number of nitrogens with two attached hydrogens (primary N) is 1. The van der Waals surface area contributed by atoms with Gasteiger partial charge in [0.15, 0.2) is 0 Å². The highest BCUT2D eigenvalue weighted by atomic mass is 16.5. The number of aliphatic hydroxyl groups is 1. The Morgan fingerprint density at radius 1 is 1.59 bits per heavy atom. The van der Waals surface area contributed by atoms with E-state index in [1.54, 1.807) is 0 Å². The van der Waals surface area contributed by atoms with Crippen molar-refractivity contribution in [2.24, 2.45) is 11.7 Å². The number of amides is 1. The van der Waals surface area contributed by atoms with Gasteiger partial charge in [0.25, 0.3) is 0 Å². The van der Waals surface area contributed by atoms with Gasteiger partial charge in [-0.3, -0.25) is 9.69 Å². The summed E-state index contributed by atoms with van der Waals surface area (Å²) < 4.78 is 5.35. The number of carbonyl (C=O) groups is 1. The number of primary amides is 1. The third kappa shape index (κ3) is 5.48. The summed E-state index contributed by atoms with van der Waals surface area (Å²) >= 11 is 0. The molecule has 1 aliphatic heterocycles. The monoisotopic (exact) mass is 244 g/mol. The number of hydrogen-bond acceptors (Lipinski definition) is 4. The molecule has 17 heavy (non-hydrogen) atoms. The van der Waals surface area contributed by atoms with E-state index in [1.807, 2.05) is 13.8 Å². The molecule has 5 heteroatoms. The lowest BCUT2D eigenvalue weighted by Crippen LogP contribution is -2.45. The highest BCUT2D eigenvalue weighted by Crippen LogP contribution is 2.16. The van der Waals surface area contributed by atoms with Crippen molar-refractivity contribution in [1.29, 1.82) is 0 Å². The summed E-state index contributed by atoms with van der Waals surface area (Å²) in [5.74, 6) is -0.301. The van der Waals surface area contributed by atoms with Crippen LogP contribution < -0.4 is 5.73 Å². The van der Waals surface area contributed by atoms with Crippen LogP contribution in [0.1, 0.15) is 26.7 Å². The lowest BCUT2D eigenvalue weighted by molar-refractivity contribution is -0.123. The fourth-order valence-corrected chi connectivity index (χ4v) is 2.11. The molecule has 0 aromatic rings. The van der Waals surface area contributed by atoms with Crippen LogP contribution >= 0.6 is 0 Å². The molecule has 100 valence electrons. The zero-order chi connectivity index (χ0) is 12.8. The van der Waals surface area contributed by atoms with Gasteiger partial charge < -0.3 is 15.6 Å². The van der Waals surface area contributed by atoms with Crippen LogP contribution in [0.15, 0.2) is 0 Å². The molecule has 0 spiro atoms. The van der Waals surface area contributed by atoms with Gasteiger partial charge in [-0.05, 0) is 33.2 Å². The number of aliphatic hydroxyl groups excluding tert-OH is 1. The van der Waals surface area contributed by atoms with Crippen molar-refractivity contribution in [3.63, 3.8) is 0 Å². The molecule has 0 aromatic carbocycles. The van der Waals surface area contributed by atoms with Crippen molar-refractivity contribution < 1.29 is 14.6 Å². The maximum absolute atomic E-state index is 11.1. The van der Waals surface area contributed by atoms with E-state index in [0.717, 1.165) is 19.4 Å². The van der Waals surface area contributed by atoms with Gasteiger partial charge in [0.1, 0.15) is 0 Å². The molecule has 1 saturated heterocycles. The van der Waals surface area contributed by atoms with Gasteiger partial charge >= 0.3 is 0 Å². The second-order valence-corrected chi connectivity index (χ2v) is 5.04. The minimum absolute atomic E-state index is 0.0676. The fourth-order valence-electron chi connectivity index (χ4n) is 2.11. The number of rotatable bonds is 6. The first-order valence-corrected chi connectivity index (χ1v) is 6.30. The number of likely N-dealkylation sites (tertiary alicyclic amines) is 1. The molecule has 0 radical (unpaired) electrons. The molecular weight excluding hydrogens is 220 g/mol. The Hall–Kier alpha value is -0.650. The lowest BCUT2D eigenvalue weighted by Gasteiger charge is -2.32. The molecule has 1 fully saturated rings. The number of ether oxygens (including phenoxy) is 1. The van der Waals surface area contributed by atoms with Crippen molar-refractivity contribution in [2.75, 3.05) is 26.2 Å². The van der Waals surface area contributed by atoms with Crippen molar-refractivity contribution in [1.82, 2.24) is 4.90 Å². The standard InChI is InChI=1S/C12H24N2O3/c1-9(2)17-8-11(15)7-14-5-3-4-10(6-14)12(13)16/h9-11,15H,3-8H2,1-2H3,(H2,13,16). The molecule has 1 amide bonds. The van der Waals surface area contributed by atoms with E-state index in [9.17, 15) is 9.90 Å². The predicted molar refractivity (Wildman–Crippen MR) is 65.5 cm³/mol. The lowest BCUT2D eigenvalue weighted by atomic mass is 9.97. The summed E-state index contributed by atoms with van der Waals surface area (Å²) in [6.45, 7) is 6.36. The Kier molecular flexibility index (Phi) is 5.88. The maximum atomic E-state index is 11.1. The van der Waals surface area contributed by atoms with E-state index in [2.05, 4.69) is 4.90 Å². The Balaban J connectivity index is 2.28. The van der Waals surface area contributed by atoms with Crippen molar-refractivity contribution in [3.8, 4) is 0 Å². The number of β-amino-alcohol motifs (C(OH)–C–C–N with tert-alkyl or cyclic N) is 1. The molecule has 1 heterocycles. The molecule has 1 rings (SSSR count). The number of carbonyl (C=O) groups excluding carboxylic acids is 1. The van der Waals surface area contributed by atoms with Crippen molar-refractivity contribution >= 4 is 5.91 Å². The second-order valence-electron chi connectivity index (χ2n) is 5.04. The zero-order valence-corrected chi connectivity index (χ0v) is 10.8. The summed E-state index contributed by atoms with van der Waals surface area (Å²) in [5.41, 5.74) is 5.31. The molecule has 0 bridgehead atoms. The second kappa shape index (κ2) is 6.93. The highest BCUT2D eigenvalue weighted by Gasteiger charge is 2.25. The Morgan fingerprint density at radius 2 is 2.29 bits per heavy atom. The predicted octanol–water partition coefficient (Wildman–Crippen LogP) is -0.0304. The first kappa shape index (κ1) is 14.4. The average Bonchev–Trinajstić information content (AvgIpc) is 2.26. The van der Waals surface area contributed by atoms with E-state index in [1.165, 1.54) is 0 Å². The van der Waals surface area contributed by atoms with Crippen LogP contribution in [-0.2, 0) is 9.53 Å². The Bertz CT molecular complexity index is 246. The zero-order valence-electron chi connectivity index (χ0n) is 10.8. The molecule has 3 N–H and O–H groups in total. The van der Waals surface area contributed by atoms with Gasteiger partial charge in [-0.15, -0.1) is 0 Å². The molecule has 0 aliphatic carbocycles. The highest BCUT2D eigenvalue weighted by molar-refractivity contribution is 5.76. The van der Waals surface area contributed by atoms with E-state index in [-0.39, 0.29) is 17.9 Å². The summed E-state index contributed by atoms with van der Waals surface area (Å²) in [5, 5.41) is 9.79. The molecule has 5 nitrogen and oxygen atoms in total. The van der Waals surface area contributed by atoms with E-state index >= 15 is 0 Å². The Labute approximate surface area is 103 Å². The number of hydrogen-bond donors (Lipinski definition) is 2. The number of nitrogens with zero attached hydrogens (tertiary/aromatic N) is 1. The normalized spacial score (nSPS) is 23.9. The van der Waals surface area contributed by atoms with E-state index in [0.29, 0.717) is 19.7 Å². The molecular formula is C12H24N2O3. The summed E-state index contributed by atoms with van der Waals surface area (Å²) in [4.78, 5) is 13.2. The van der Waals surface area contributed by atoms with Gasteiger partial charge in [0.05, 0.1) is 24.7 Å². The summed E-state index contributed by atoms with van der Waals surface area (Å²) in [7, 11) is 0. The van der Waals surface area contributed by atoms with Gasteiger partial charge in [0, 0.05) is 13.1 Å². The summed E-state index contributed by atoms with van der Waals surface area (Å²) in [6, 6.07) is 0. The smallest absolute Gasteiger partial charge is 0.221 e. The molecule has 2 atom stereocenters. The van der Waals surface area contributed by atoms with Crippen LogP contribution in [0.3, 0.4) is 0 Å². The molecule has 0 aromatic heterocycles. The fraction of sp³-hybridized carbons (Fsp3) is 0.917. The van der Waals surface area contributed by atoms with Crippen molar-refractivity contribution in [3.05, 3.63) is 0 Å². The van der Waals surface area contributed by atoms with Crippen LogP contribution in [0.2, 0.25) is 0 Å². The first-order chi connectivity index (χ1) is 7.99. The Morgan fingerprint density at radius 3 is 2.88 bits per heavy atom. The topological polar surface area (TPSA) is 75.8 Å². The average molecular weight is 244 g/mol. The SMILES string of the molecule is CC(C)OCC(O)CN1CCCC(C(N)=O)C1. The number of piperidine rings is 1. The third-order valence-electron chi connectivity index (χ3n) is 3.00. The van der Waals surface area contributed by atoms with Crippen molar-refractivity contribution in [2.45, 2.75) is 38.9 Å². The minimum atomic E-state index is -0.496. The minimum Gasteiger partial charge on any atom is -0.389 e. The van der Waals surface area contributed by atoms with Crippen LogP contribution in [0.4, 0.5) is 0 Å². The van der Waals surface area contributed by atoms with Gasteiger partial charge in [0.2, 0.25) is 5.91 Å². The van der Waals surface area contributed by atoms with Crippen LogP contribution in [0, 0.1) is 5.92 Å². The van der Waals surface area contributed by atoms with Crippen LogP contribution in [0.25, 0.3) is 0 Å². The van der Waals surface area contributed by atoms with E-state index in [4.69, 9.17) is 10.5 Å². The van der Waals surface area contributed by atoms with Gasteiger partial charge in [-0.1, -0.05) is 0 Å². The van der Waals surface area contributed by atoms with Crippen LogP contribution in [0.5, 0.6) is 0 Å². The molecule has 0 saturated carbocycles. The quantitative estimate of drug-likeness (QED) is 0.688. The van der Waals surface area contributed by atoms with Crippen LogP contribution in [-0.4, -0.2) is 54.4 Å². The molecule has 2 unspecified atom stereocenters. The summed E-state index contributed by atoms with van der Waals surface area (Å²) in [6.07, 6.45) is 1.46. The van der Waals surface area contributed by atoms with E-state index < -0.39 is 6.10 Å². The molecule has 1 aliphatic rings. The van der Waals surface area contributed by atoms with Gasteiger partial charge in [-0.25, -0.2) is 0 Å².